The molecule has 78 valence electrons. The van der Waals surface area contributed by atoms with E-state index in [1.54, 1.807) is 18.2 Å². The Bertz CT molecular complexity index is 433. The summed E-state index contributed by atoms with van der Waals surface area (Å²) in [6.07, 6.45) is -0.216. The molecule has 1 rings (SSSR count). The van der Waals surface area contributed by atoms with Crippen LogP contribution in [0.1, 0.15) is 17.5 Å². The molecule has 4 heteroatoms. The van der Waals surface area contributed by atoms with Crippen LogP contribution >= 0.6 is 0 Å². The van der Waals surface area contributed by atoms with Crippen LogP contribution in [0.3, 0.4) is 0 Å². The number of amides is 1. The summed E-state index contributed by atoms with van der Waals surface area (Å²) in [7, 11) is 0. The first-order valence-electron chi connectivity index (χ1n) is 4.51. The molecule has 0 spiro atoms. The van der Waals surface area contributed by atoms with Crippen molar-refractivity contribution in [1.29, 1.82) is 5.26 Å². The van der Waals surface area contributed by atoms with E-state index >= 15 is 0 Å². The second-order valence-electron chi connectivity index (χ2n) is 3.34. The van der Waals surface area contributed by atoms with Gasteiger partial charge < -0.3 is 10.4 Å². The smallest absolute Gasteiger partial charge is 0.238 e. The number of hydrogen-bond acceptors (Lipinski definition) is 3. The number of benzene rings is 1. The molecule has 0 aromatic heterocycles. The van der Waals surface area contributed by atoms with Crippen LogP contribution < -0.4 is 5.32 Å². The van der Waals surface area contributed by atoms with Gasteiger partial charge in [-0.05, 0) is 37.1 Å². The summed E-state index contributed by atoms with van der Waals surface area (Å²) in [5.41, 5.74) is 2.27. The Morgan fingerprint density at radius 2 is 2.07 bits per heavy atom. The number of rotatable bonds is 2. The second kappa shape index (κ2) is 4.47. The quantitative estimate of drug-likeness (QED) is 0.722. The lowest BCUT2D eigenvalue weighted by Gasteiger charge is -2.08. The number of hydrogen-bond donors (Lipinski definition) is 2. The van der Waals surface area contributed by atoms with E-state index < -0.39 is 5.91 Å². The van der Waals surface area contributed by atoms with Gasteiger partial charge in [-0.2, -0.15) is 5.26 Å². The van der Waals surface area contributed by atoms with Crippen molar-refractivity contribution in [3.05, 3.63) is 23.3 Å². The number of carbonyl (C=O) groups excluding carboxylic acids is 1. The predicted molar refractivity (Wildman–Crippen MR) is 56.4 cm³/mol. The predicted octanol–water partition coefficient (Wildman–Crippen LogP) is 1.86. The third-order valence-electron chi connectivity index (χ3n) is 2.13. The van der Waals surface area contributed by atoms with Crippen LogP contribution in [0.5, 0.6) is 5.75 Å². The molecule has 15 heavy (non-hydrogen) atoms. The number of anilines is 1. The van der Waals surface area contributed by atoms with Crippen molar-refractivity contribution in [1.82, 2.24) is 0 Å². The first-order chi connectivity index (χ1) is 7.04. The molecule has 0 unspecified atom stereocenters. The van der Waals surface area contributed by atoms with Crippen molar-refractivity contribution in [3.63, 3.8) is 0 Å². The molecule has 1 aromatic carbocycles. The monoisotopic (exact) mass is 204 g/mol. The number of aromatic hydroxyl groups is 1. The number of carbonyl (C=O) groups is 1. The van der Waals surface area contributed by atoms with Gasteiger partial charge in [-0.25, -0.2) is 0 Å². The molecule has 0 saturated carbocycles. The molecule has 0 saturated heterocycles. The fourth-order valence-electron chi connectivity index (χ4n) is 1.17. The van der Waals surface area contributed by atoms with E-state index in [2.05, 4.69) is 5.32 Å². The summed E-state index contributed by atoms with van der Waals surface area (Å²) in [4.78, 5) is 11.1. The summed E-state index contributed by atoms with van der Waals surface area (Å²) < 4.78 is 0. The van der Waals surface area contributed by atoms with Crippen molar-refractivity contribution in [2.24, 2.45) is 0 Å². The normalized spacial score (nSPS) is 9.40. The number of nitrogens with one attached hydrogen (secondary N) is 1. The molecule has 1 amide bonds. The largest absolute Gasteiger partial charge is 0.506 e. The molecule has 0 fully saturated rings. The Hall–Kier alpha value is -2.02. The Labute approximate surface area is 88.2 Å². The minimum Gasteiger partial charge on any atom is -0.506 e. The Morgan fingerprint density at radius 3 is 2.67 bits per heavy atom. The highest BCUT2D eigenvalue weighted by Gasteiger charge is 2.07. The number of nitriles is 1. The highest BCUT2D eigenvalue weighted by atomic mass is 16.3. The first kappa shape index (κ1) is 11.1. The van der Waals surface area contributed by atoms with Gasteiger partial charge in [0.25, 0.3) is 0 Å². The average molecular weight is 204 g/mol. The van der Waals surface area contributed by atoms with Gasteiger partial charge in [-0.3, -0.25) is 4.79 Å². The highest BCUT2D eigenvalue weighted by Crippen LogP contribution is 2.26. The Balaban J connectivity index is 2.92. The lowest BCUT2D eigenvalue weighted by molar-refractivity contribution is -0.115. The first-order valence-corrected chi connectivity index (χ1v) is 4.51. The van der Waals surface area contributed by atoms with Crippen LogP contribution in [0.25, 0.3) is 0 Å². The summed E-state index contributed by atoms with van der Waals surface area (Å²) in [6.45, 7) is 3.75. The summed E-state index contributed by atoms with van der Waals surface area (Å²) >= 11 is 0. The van der Waals surface area contributed by atoms with Gasteiger partial charge in [0.05, 0.1) is 11.8 Å². The van der Waals surface area contributed by atoms with Gasteiger partial charge in [0.2, 0.25) is 5.91 Å². The number of aryl methyl sites for hydroxylation is 2. The van der Waals surface area contributed by atoms with E-state index in [9.17, 15) is 9.90 Å². The maximum atomic E-state index is 11.1. The van der Waals surface area contributed by atoms with Crippen molar-refractivity contribution >= 4 is 11.6 Å². The topological polar surface area (TPSA) is 73.1 Å². The van der Waals surface area contributed by atoms with E-state index in [0.29, 0.717) is 5.69 Å². The van der Waals surface area contributed by atoms with Crippen molar-refractivity contribution in [2.45, 2.75) is 20.3 Å². The zero-order chi connectivity index (χ0) is 11.4. The number of phenols is 1. The zero-order valence-corrected chi connectivity index (χ0v) is 8.66. The molecule has 0 aliphatic heterocycles. The summed E-state index contributed by atoms with van der Waals surface area (Å²) in [5, 5.41) is 20.3. The molecule has 0 aliphatic carbocycles. The minimum atomic E-state index is -0.420. The molecule has 0 bridgehead atoms. The maximum absolute atomic E-state index is 11.1. The molecule has 1 aromatic rings. The van der Waals surface area contributed by atoms with Gasteiger partial charge in [0, 0.05) is 0 Å². The third kappa shape index (κ3) is 2.71. The highest BCUT2D eigenvalue weighted by molar-refractivity contribution is 5.93. The number of nitrogens with zero attached hydrogens (tertiary/aromatic N) is 1. The van der Waals surface area contributed by atoms with Crippen molar-refractivity contribution in [2.75, 3.05) is 5.32 Å². The lowest BCUT2D eigenvalue weighted by Crippen LogP contribution is -2.10. The molecule has 0 atom stereocenters. The number of phenolic OH excluding ortho intramolecular Hbond substituents is 1. The van der Waals surface area contributed by atoms with E-state index in [1.807, 2.05) is 13.8 Å². The van der Waals surface area contributed by atoms with Crippen LogP contribution in [-0.4, -0.2) is 11.0 Å². The second-order valence-corrected chi connectivity index (χ2v) is 3.34. The van der Waals surface area contributed by atoms with E-state index in [4.69, 9.17) is 5.26 Å². The van der Waals surface area contributed by atoms with Gasteiger partial charge in [-0.1, -0.05) is 0 Å². The van der Waals surface area contributed by atoms with Gasteiger partial charge in [0.1, 0.15) is 12.2 Å². The zero-order valence-electron chi connectivity index (χ0n) is 8.66. The SMILES string of the molecule is Cc1cc(O)c(NC(=O)CC#N)cc1C. The van der Waals surface area contributed by atoms with Crippen LogP contribution in [0.15, 0.2) is 12.1 Å². The van der Waals surface area contributed by atoms with Crippen LogP contribution in [0.4, 0.5) is 5.69 Å². The molecule has 0 radical (unpaired) electrons. The van der Waals surface area contributed by atoms with E-state index in [0.717, 1.165) is 11.1 Å². The standard InChI is InChI=1S/C11H12N2O2/c1-7-5-9(10(14)6-8(7)2)13-11(15)3-4-12/h5-6,14H,3H2,1-2H3,(H,13,15). The van der Waals surface area contributed by atoms with E-state index in [1.165, 1.54) is 0 Å². The summed E-state index contributed by atoms with van der Waals surface area (Å²) in [5.74, 6) is -0.402. The van der Waals surface area contributed by atoms with Gasteiger partial charge in [0.15, 0.2) is 0 Å². The average Bonchev–Trinajstić information content (AvgIpc) is 2.14. The lowest BCUT2D eigenvalue weighted by atomic mass is 10.1. The van der Waals surface area contributed by atoms with Crippen LogP contribution in [-0.2, 0) is 4.79 Å². The molecule has 2 N–H and O–H groups in total. The fraction of sp³-hybridized carbons (Fsp3) is 0.273. The van der Waals surface area contributed by atoms with Gasteiger partial charge >= 0.3 is 0 Å². The third-order valence-corrected chi connectivity index (χ3v) is 2.13. The van der Waals surface area contributed by atoms with Crippen molar-refractivity contribution in [3.8, 4) is 11.8 Å². The summed E-state index contributed by atoms with van der Waals surface area (Å²) in [6, 6.07) is 5.00. The molecule has 4 nitrogen and oxygen atoms in total. The maximum Gasteiger partial charge on any atom is 0.238 e. The molecule has 0 heterocycles. The van der Waals surface area contributed by atoms with Gasteiger partial charge in [-0.15, -0.1) is 0 Å². The van der Waals surface area contributed by atoms with Crippen LogP contribution in [0.2, 0.25) is 0 Å². The fourth-order valence-corrected chi connectivity index (χ4v) is 1.17. The Morgan fingerprint density at radius 1 is 1.47 bits per heavy atom. The minimum absolute atomic E-state index is 0.0180. The van der Waals surface area contributed by atoms with Crippen LogP contribution in [0, 0.1) is 25.2 Å². The molecular formula is C11H12N2O2. The molecular weight excluding hydrogens is 192 g/mol. The van der Waals surface area contributed by atoms with Crippen molar-refractivity contribution < 1.29 is 9.90 Å². The Kier molecular flexibility index (Phi) is 3.29. The molecule has 0 aliphatic rings. The van der Waals surface area contributed by atoms with E-state index in [-0.39, 0.29) is 12.2 Å².